The van der Waals surface area contributed by atoms with Gasteiger partial charge in [0.05, 0.1) is 16.1 Å². The second kappa shape index (κ2) is 7.14. The van der Waals surface area contributed by atoms with Crippen molar-refractivity contribution in [3.05, 3.63) is 90.5 Å². The number of benzene rings is 4. The predicted molar refractivity (Wildman–Crippen MR) is 120 cm³/mol. The van der Waals surface area contributed by atoms with Crippen molar-refractivity contribution in [3.8, 4) is 11.5 Å². The fourth-order valence-electron chi connectivity index (χ4n) is 3.63. The highest BCUT2D eigenvalue weighted by Gasteiger charge is 2.26. The molecule has 0 saturated heterocycles. The summed E-state index contributed by atoms with van der Waals surface area (Å²) in [6, 6.07) is 24.4. The minimum absolute atomic E-state index is 0.147. The Hall–Kier alpha value is -3.84. The summed E-state index contributed by atoms with van der Waals surface area (Å²) in [5.74, 6) is 0.642. The summed E-state index contributed by atoms with van der Waals surface area (Å²) in [7, 11) is -2.18. The molecular formula is C24H18N2O4S. The van der Waals surface area contributed by atoms with Gasteiger partial charge in [0.15, 0.2) is 5.75 Å². The van der Waals surface area contributed by atoms with Gasteiger partial charge in [-0.05, 0) is 53.2 Å². The lowest BCUT2D eigenvalue weighted by Crippen LogP contribution is -2.25. The van der Waals surface area contributed by atoms with Crippen LogP contribution in [0.25, 0.3) is 10.8 Å². The number of nitrogens with zero attached hydrogens (tertiary/aromatic N) is 1. The highest BCUT2D eigenvalue weighted by molar-refractivity contribution is 7.92. The number of hydrogen-bond acceptors (Lipinski definition) is 4. The predicted octanol–water partition coefficient (Wildman–Crippen LogP) is 5.02. The molecular weight excluding hydrogens is 412 g/mol. The second-order valence-electron chi connectivity index (χ2n) is 7.26. The molecule has 0 atom stereocenters. The second-order valence-corrected chi connectivity index (χ2v) is 8.94. The van der Waals surface area contributed by atoms with E-state index < -0.39 is 10.0 Å². The zero-order chi connectivity index (χ0) is 21.6. The number of sulfonamides is 1. The summed E-state index contributed by atoms with van der Waals surface area (Å²) >= 11 is 0. The van der Waals surface area contributed by atoms with Gasteiger partial charge in [-0.3, -0.25) is 9.52 Å². The van der Waals surface area contributed by atoms with Crippen molar-refractivity contribution in [2.24, 2.45) is 0 Å². The molecule has 0 unspecified atom stereocenters. The molecule has 1 amide bonds. The number of rotatable bonds is 3. The van der Waals surface area contributed by atoms with Gasteiger partial charge in [0.25, 0.3) is 15.9 Å². The van der Waals surface area contributed by atoms with Gasteiger partial charge < -0.3 is 9.64 Å². The maximum absolute atomic E-state index is 13.0. The summed E-state index contributed by atoms with van der Waals surface area (Å²) in [5, 5.41) is 1.78. The summed E-state index contributed by atoms with van der Waals surface area (Å²) in [5.41, 5.74) is 1.20. The van der Waals surface area contributed by atoms with Crippen molar-refractivity contribution in [2.45, 2.75) is 4.90 Å². The third-order valence-electron chi connectivity index (χ3n) is 5.24. The first kappa shape index (κ1) is 19.1. The Morgan fingerprint density at radius 1 is 0.806 bits per heavy atom. The molecule has 1 aliphatic rings. The molecule has 7 heteroatoms. The summed E-state index contributed by atoms with van der Waals surface area (Å²) < 4.78 is 34.4. The van der Waals surface area contributed by atoms with Crippen LogP contribution >= 0.6 is 0 Å². The van der Waals surface area contributed by atoms with Gasteiger partial charge in [-0.1, -0.05) is 42.5 Å². The van der Waals surface area contributed by atoms with E-state index in [4.69, 9.17) is 4.74 Å². The van der Waals surface area contributed by atoms with Crippen LogP contribution in [0, 0.1) is 0 Å². The van der Waals surface area contributed by atoms with Crippen LogP contribution in [0.3, 0.4) is 0 Å². The van der Waals surface area contributed by atoms with E-state index >= 15 is 0 Å². The van der Waals surface area contributed by atoms with Gasteiger partial charge in [0.1, 0.15) is 5.75 Å². The Morgan fingerprint density at radius 3 is 2.39 bits per heavy atom. The smallest absolute Gasteiger partial charge is 0.261 e. The zero-order valence-electron chi connectivity index (χ0n) is 16.6. The van der Waals surface area contributed by atoms with Gasteiger partial charge in [0, 0.05) is 12.7 Å². The van der Waals surface area contributed by atoms with E-state index in [-0.39, 0.29) is 22.1 Å². The van der Waals surface area contributed by atoms with E-state index in [1.807, 2.05) is 36.4 Å². The number of carbonyl (C=O) groups is 1. The summed E-state index contributed by atoms with van der Waals surface area (Å²) in [6.07, 6.45) is 0. The first-order chi connectivity index (χ1) is 14.9. The molecule has 0 aliphatic carbocycles. The van der Waals surface area contributed by atoms with E-state index in [9.17, 15) is 13.2 Å². The fraction of sp³-hybridized carbons (Fsp3) is 0.0417. The molecule has 6 nitrogen and oxygen atoms in total. The third-order valence-corrected chi connectivity index (χ3v) is 6.62. The quantitative estimate of drug-likeness (QED) is 0.495. The monoisotopic (exact) mass is 430 g/mol. The molecule has 0 radical (unpaired) electrons. The van der Waals surface area contributed by atoms with E-state index in [0.29, 0.717) is 17.2 Å². The van der Waals surface area contributed by atoms with Gasteiger partial charge >= 0.3 is 0 Å². The van der Waals surface area contributed by atoms with Crippen molar-refractivity contribution >= 4 is 38.1 Å². The lowest BCUT2D eigenvalue weighted by Gasteiger charge is -2.16. The average Bonchev–Trinajstić information content (AvgIpc) is 2.88. The number of ether oxygens (including phenoxy) is 1. The summed E-state index contributed by atoms with van der Waals surface area (Å²) in [4.78, 5) is 14.6. The van der Waals surface area contributed by atoms with Crippen molar-refractivity contribution in [1.82, 2.24) is 0 Å². The molecule has 0 aromatic heterocycles. The highest BCUT2D eigenvalue weighted by atomic mass is 32.2. The maximum Gasteiger partial charge on any atom is 0.261 e. The first-order valence-corrected chi connectivity index (χ1v) is 11.1. The van der Waals surface area contributed by atoms with Crippen molar-refractivity contribution in [3.63, 3.8) is 0 Å². The lowest BCUT2D eigenvalue weighted by atomic mass is 10.1. The lowest BCUT2D eigenvalue weighted by molar-refractivity contribution is 0.0993. The molecule has 0 spiro atoms. The van der Waals surface area contributed by atoms with E-state index in [1.165, 1.54) is 11.0 Å². The Labute approximate surface area is 179 Å². The van der Waals surface area contributed by atoms with E-state index in [2.05, 4.69) is 4.72 Å². The molecule has 0 bridgehead atoms. The van der Waals surface area contributed by atoms with Crippen LogP contribution in [0.5, 0.6) is 11.5 Å². The molecule has 154 valence electrons. The standard InChI is InChI=1S/C24H18N2O4S/c1-26-21-8-4-5-9-23(21)30-22-13-11-18(15-20(22)24(26)27)25-31(28,29)19-12-10-16-6-2-3-7-17(16)14-19/h2-15,25H,1H3. The molecule has 4 aromatic carbocycles. The van der Waals surface area contributed by atoms with Gasteiger partial charge in [0.2, 0.25) is 0 Å². The summed E-state index contributed by atoms with van der Waals surface area (Å²) in [6.45, 7) is 0. The first-order valence-electron chi connectivity index (χ1n) is 9.63. The zero-order valence-corrected chi connectivity index (χ0v) is 17.4. The molecule has 4 aromatic rings. The molecule has 0 saturated carbocycles. The fourth-order valence-corrected chi connectivity index (χ4v) is 4.71. The van der Waals surface area contributed by atoms with Gasteiger partial charge in [-0.25, -0.2) is 8.42 Å². The maximum atomic E-state index is 13.0. The average molecular weight is 430 g/mol. The van der Waals surface area contributed by atoms with E-state index in [0.717, 1.165) is 10.8 Å². The Morgan fingerprint density at radius 2 is 1.55 bits per heavy atom. The van der Waals surface area contributed by atoms with Crippen LogP contribution in [0.15, 0.2) is 89.8 Å². The molecule has 1 heterocycles. The number of fused-ring (bicyclic) bond motifs is 3. The largest absolute Gasteiger partial charge is 0.454 e. The Bertz CT molecular complexity index is 1450. The number of amides is 1. The van der Waals surface area contributed by atoms with E-state index in [1.54, 1.807) is 49.5 Å². The molecule has 31 heavy (non-hydrogen) atoms. The minimum Gasteiger partial charge on any atom is -0.454 e. The number of hydrogen-bond donors (Lipinski definition) is 1. The number of carbonyl (C=O) groups excluding carboxylic acids is 1. The third kappa shape index (κ3) is 3.39. The van der Waals surface area contributed by atoms with Gasteiger partial charge in [-0.2, -0.15) is 0 Å². The number of nitrogens with one attached hydrogen (secondary N) is 1. The van der Waals surface area contributed by atoms with Crippen molar-refractivity contribution in [2.75, 3.05) is 16.7 Å². The minimum atomic E-state index is -3.84. The normalized spacial score (nSPS) is 13.2. The van der Waals surface area contributed by atoms with Crippen LogP contribution in [0.1, 0.15) is 10.4 Å². The molecule has 1 N–H and O–H groups in total. The number of para-hydroxylation sites is 2. The van der Waals surface area contributed by atoms with Crippen LogP contribution < -0.4 is 14.4 Å². The van der Waals surface area contributed by atoms with Crippen LogP contribution in [0.2, 0.25) is 0 Å². The SMILES string of the molecule is CN1C(=O)c2cc(NS(=O)(=O)c3ccc4ccccc4c3)ccc2Oc2ccccc21. The Kier molecular flexibility index (Phi) is 4.41. The Balaban J connectivity index is 1.50. The highest BCUT2D eigenvalue weighted by Crippen LogP contribution is 2.39. The molecule has 1 aliphatic heterocycles. The van der Waals surface area contributed by atoms with Crippen molar-refractivity contribution < 1.29 is 17.9 Å². The topological polar surface area (TPSA) is 75.7 Å². The number of anilines is 2. The van der Waals surface area contributed by atoms with Crippen LogP contribution in [-0.4, -0.2) is 21.4 Å². The molecule has 0 fully saturated rings. The van der Waals surface area contributed by atoms with Crippen LogP contribution in [-0.2, 0) is 10.0 Å². The van der Waals surface area contributed by atoms with Crippen LogP contribution in [0.4, 0.5) is 11.4 Å². The van der Waals surface area contributed by atoms with Crippen molar-refractivity contribution in [1.29, 1.82) is 0 Å². The molecule has 5 rings (SSSR count). The van der Waals surface area contributed by atoms with Gasteiger partial charge in [-0.15, -0.1) is 0 Å².